The second-order valence-electron chi connectivity index (χ2n) is 5.55. The van der Waals surface area contributed by atoms with Crippen molar-refractivity contribution in [2.45, 2.75) is 19.3 Å². The summed E-state index contributed by atoms with van der Waals surface area (Å²) in [5.41, 5.74) is 6.93. The number of nitrogens with two attached hydrogens (primary N) is 1. The molecule has 1 aliphatic carbocycles. The third-order valence-corrected chi connectivity index (χ3v) is 3.66. The van der Waals surface area contributed by atoms with Crippen molar-refractivity contribution in [2.75, 3.05) is 32.7 Å². The van der Waals surface area contributed by atoms with E-state index in [2.05, 4.69) is 22.3 Å². The topological polar surface area (TPSA) is 58.4 Å². The third-order valence-electron chi connectivity index (χ3n) is 3.66. The molecular weight excluding hydrogens is 286 g/mol. The Morgan fingerprint density at radius 3 is 2.57 bits per heavy atom. The van der Waals surface area contributed by atoms with E-state index in [0.29, 0.717) is 13.1 Å². The summed E-state index contributed by atoms with van der Waals surface area (Å²) in [7, 11) is 0. The maximum absolute atomic E-state index is 11.9. The normalized spacial score (nSPS) is 13.8. The Bertz CT molecular complexity index is 409. The average molecular weight is 312 g/mol. The molecule has 4 nitrogen and oxygen atoms in total. The van der Waals surface area contributed by atoms with E-state index in [-0.39, 0.29) is 18.3 Å². The maximum atomic E-state index is 11.9. The predicted octanol–water partition coefficient (Wildman–Crippen LogP) is 1.44. The fourth-order valence-corrected chi connectivity index (χ4v) is 2.22. The van der Waals surface area contributed by atoms with E-state index in [1.165, 1.54) is 18.4 Å². The standard InChI is InChI=1S/C16H25N3O.ClH/c17-9-11-19(10-8-14-4-2-1-3-5-14)13-16(20)18-12-15-6-7-15;/h1-5,15H,6-13,17H2,(H,18,20);1H. The largest absolute Gasteiger partial charge is 0.355 e. The molecule has 0 unspecified atom stereocenters. The summed E-state index contributed by atoms with van der Waals surface area (Å²) in [4.78, 5) is 14.0. The van der Waals surface area contributed by atoms with Gasteiger partial charge < -0.3 is 11.1 Å². The van der Waals surface area contributed by atoms with E-state index in [9.17, 15) is 4.79 Å². The first-order valence-electron chi connectivity index (χ1n) is 7.51. The van der Waals surface area contributed by atoms with Crippen LogP contribution in [0.3, 0.4) is 0 Å². The molecule has 1 aliphatic rings. The fraction of sp³-hybridized carbons (Fsp3) is 0.562. The molecule has 0 bridgehead atoms. The highest BCUT2D eigenvalue weighted by molar-refractivity contribution is 5.85. The van der Waals surface area contributed by atoms with Crippen LogP contribution in [-0.4, -0.2) is 43.5 Å². The van der Waals surface area contributed by atoms with E-state index in [4.69, 9.17) is 5.73 Å². The zero-order valence-electron chi connectivity index (χ0n) is 12.5. The lowest BCUT2D eigenvalue weighted by Gasteiger charge is -2.21. The number of carbonyl (C=O) groups excluding carboxylic acids is 1. The van der Waals surface area contributed by atoms with Crippen molar-refractivity contribution in [2.24, 2.45) is 11.7 Å². The number of carbonyl (C=O) groups is 1. The number of nitrogens with zero attached hydrogens (tertiary/aromatic N) is 1. The van der Waals surface area contributed by atoms with Gasteiger partial charge in [0, 0.05) is 26.2 Å². The molecule has 0 aromatic heterocycles. The van der Waals surface area contributed by atoms with Crippen molar-refractivity contribution in [3.63, 3.8) is 0 Å². The van der Waals surface area contributed by atoms with Crippen LogP contribution < -0.4 is 11.1 Å². The average Bonchev–Trinajstić information content (AvgIpc) is 3.28. The van der Waals surface area contributed by atoms with Gasteiger partial charge in [-0.1, -0.05) is 30.3 Å². The van der Waals surface area contributed by atoms with Crippen LogP contribution in [0.5, 0.6) is 0 Å². The molecule has 2 rings (SSSR count). The van der Waals surface area contributed by atoms with Crippen LogP contribution >= 0.6 is 12.4 Å². The summed E-state index contributed by atoms with van der Waals surface area (Å²) in [5.74, 6) is 0.852. The lowest BCUT2D eigenvalue weighted by Crippen LogP contribution is -2.41. The van der Waals surface area contributed by atoms with Gasteiger partial charge in [0.25, 0.3) is 0 Å². The van der Waals surface area contributed by atoms with E-state index in [1.54, 1.807) is 0 Å². The molecule has 118 valence electrons. The molecule has 0 atom stereocenters. The van der Waals surface area contributed by atoms with Gasteiger partial charge in [-0.3, -0.25) is 9.69 Å². The van der Waals surface area contributed by atoms with E-state index < -0.39 is 0 Å². The summed E-state index contributed by atoms with van der Waals surface area (Å²) in [5, 5.41) is 3.01. The molecule has 1 aromatic carbocycles. The van der Waals surface area contributed by atoms with Gasteiger partial charge in [0.1, 0.15) is 0 Å². The van der Waals surface area contributed by atoms with E-state index in [0.717, 1.165) is 32.0 Å². The number of halogens is 1. The molecule has 0 radical (unpaired) electrons. The van der Waals surface area contributed by atoms with Crippen molar-refractivity contribution in [3.05, 3.63) is 35.9 Å². The molecule has 21 heavy (non-hydrogen) atoms. The summed E-state index contributed by atoms with van der Waals surface area (Å²) in [6.45, 7) is 3.52. The van der Waals surface area contributed by atoms with Gasteiger partial charge in [-0.2, -0.15) is 0 Å². The summed E-state index contributed by atoms with van der Waals surface area (Å²) >= 11 is 0. The second kappa shape index (κ2) is 9.77. The number of benzene rings is 1. The highest BCUT2D eigenvalue weighted by Crippen LogP contribution is 2.27. The fourth-order valence-electron chi connectivity index (χ4n) is 2.22. The van der Waals surface area contributed by atoms with Crippen molar-refractivity contribution < 1.29 is 4.79 Å². The van der Waals surface area contributed by atoms with Crippen LogP contribution in [0.2, 0.25) is 0 Å². The molecule has 1 fully saturated rings. The maximum Gasteiger partial charge on any atom is 0.234 e. The number of hydrogen-bond acceptors (Lipinski definition) is 3. The van der Waals surface area contributed by atoms with Crippen molar-refractivity contribution in [1.82, 2.24) is 10.2 Å². The number of hydrogen-bond donors (Lipinski definition) is 2. The Balaban J connectivity index is 0.00000220. The SMILES string of the molecule is Cl.NCCN(CCc1ccccc1)CC(=O)NCC1CC1. The molecule has 5 heteroatoms. The summed E-state index contributed by atoms with van der Waals surface area (Å²) < 4.78 is 0. The van der Waals surface area contributed by atoms with Crippen LogP contribution in [0.15, 0.2) is 30.3 Å². The molecule has 1 saturated carbocycles. The monoisotopic (exact) mass is 311 g/mol. The number of amides is 1. The Morgan fingerprint density at radius 2 is 1.95 bits per heavy atom. The molecular formula is C16H26ClN3O. The third kappa shape index (κ3) is 7.46. The molecule has 0 heterocycles. The first-order chi connectivity index (χ1) is 9.78. The number of rotatable bonds is 9. The second-order valence-corrected chi connectivity index (χ2v) is 5.55. The van der Waals surface area contributed by atoms with Crippen LogP contribution in [0.25, 0.3) is 0 Å². The Hall–Kier alpha value is -1.10. The summed E-state index contributed by atoms with van der Waals surface area (Å²) in [6.07, 6.45) is 3.48. The van der Waals surface area contributed by atoms with Crippen LogP contribution in [-0.2, 0) is 11.2 Å². The Kier molecular flexibility index (Phi) is 8.35. The smallest absolute Gasteiger partial charge is 0.234 e. The van der Waals surface area contributed by atoms with Crippen LogP contribution in [0, 0.1) is 5.92 Å². The Morgan fingerprint density at radius 1 is 1.24 bits per heavy atom. The van der Waals surface area contributed by atoms with Crippen molar-refractivity contribution in [1.29, 1.82) is 0 Å². The highest BCUT2D eigenvalue weighted by Gasteiger charge is 2.21. The van der Waals surface area contributed by atoms with Gasteiger partial charge in [0.15, 0.2) is 0 Å². The minimum absolute atomic E-state index is 0. The molecule has 0 saturated heterocycles. The molecule has 1 aromatic rings. The first kappa shape index (κ1) is 18.0. The number of nitrogens with one attached hydrogen (secondary N) is 1. The lowest BCUT2D eigenvalue weighted by molar-refractivity contribution is -0.122. The van der Waals surface area contributed by atoms with Crippen LogP contribution in [0.1, 0.15) is 18.4 Å². The first-order valence-corrected chi connectivity index (χ1v) is 7.51. The highest BCUT2D eigenvalue weighted by atomic mass is 35.5. The Labute approximate surface area is 133 Å². The zero-order chi connectivity index (χ0) is 14.2. The molecule has 1 amide bonds. The summed E-state index contributed by atoms with van der Waals surface area (Å²) in [6, 6.07) is 10.4. The van der Waals surface area contributed by atoms with E-state index in [1.807, 2.05) is 18.2 Å². The molecule has 0 spiro atoms. The predicted molar refractivity (Wildman–Crippen MR) is 88.6 cm³/mol. The lowest BCUT2D eigenvalue weighted by atomic mass is 10.1. The minimum Gasteiger partial charge on any atom is -0.355 e. The van der Waals surface area contributed by atoms with Gasteiger partial charge in [-0.15, -0.1) is 12.4 Å². The van der Waals surface area contributed by atoms with Gasteiger partial charge in [-0.05, 0) is 30.7 Å². The van der Waals surface area contributed by atoms with Crippen LogP contribution in [0.4, 0.5) is 0 Å². The van der Waals surface area contributed by atoms with Gasteiger partial charge in [0.2, 0.25) is 5.91 Å². The van der Waals surface area contributed by atoms with Gasteiger partial charge in [0.05, 0.1) is 6.54 Å². The molecule has 3 N–H and O–H groups in total. The van der Waals surface area contributed by atoms with Gasteiger partial charge in [-0.25, -0.2) is 0 Å². The van der Waals surface area contributed by atoms with Crippen molar-refractivity contribution in [3.8, 4) is 0 Å². The van der Waals surface area contributed by atoms with Gasteiger partial charge >= 0.3 is 0 Å². The van der Waals surface area contributed by atoms with Crippen molar-refractivity contribution >= 4 is 18.3 Å². The molecule has 0 aliphatic heterocycles. The zero-order valence-corrected chi connectivity index (χ0v) is 13.3. The quantitative estimate of drug-likeness (QED) is 0.725. The minimum atomic E-state index is 0. The van der Waals surface area contributed by atoms with E-state index >= 15 is 0 Å².